The molecule has 1 saturated heterocycles. The predicted molar refractivity (Wildman–Crippen MR) is 87.5 cm³/mol. The van der Waals surface area contributed by atoms with E-state index in [9.17, 15) is 0 Å². The summed E-state index contributed by atoms with van der Waals surface area (Å²) in [5.74, 6) is 0. The molecule has 1 aliphatic rings. The summed E-state index contributed by atoms with van der Waals surface area (Å²) in [7, 11) is 0. The van der Waals surface area contributed by atoms with Crippen molar-refractivity contribution in [1.29, 1.82) is 0 Å². The van der Waals surface area contributed by atoms with Gasteiger partial charge in [0.15, 0.2) is 0 Å². The highest BCUT2D eigenvalue weighted by Crippen LogP contribution is 2.20. The van der Waals surface area contributed by atoms with E-state index < -0.39 is 0 Å². The first-order chi connectivity index (χ1) is 10.3. The van der Waals surface area contributed by atoms with Gasteiger partial charge in [-0.3, -0.25) is 9.97 Å². The molecule has 0 radical (unpaired) electrons. The summed E-state index contributed by atoms with van der Waals surface area (Å²) in [5, 5.41) is 3.68. The van der Waals surface area contributed by atoms with E-state index in [2.05, 4.69) is 39.2 Å². The number of hydrogen-bond donors (Lipinski definition) is 1. The Balaban J connectivity index is 1.64. The van der Waals surface area contributed by atoms with Crippen molar-refractivity contribution in [2.75, 3.05) is 25.0 Å². The van der Waals surface area contributed by atoms with E-state index in [1.54, 1.807) is 12.4 Å². The number of aromatic nitrogens is 2. The Bertz CT molecular complexity index is 584. The van der Waals surface area contributed by atoms with E-state index in [0.29, 0.717) is 6.04 Å². The molecule has 2 heterocycles. The van der Waals surface area contributed by atoms with Gasteiger partial charge >= 0.3 is 0 Å². The molecule has 4 heteroatoms. The van der Waals surface area contributed by atoms with Crippen LogP contribution in [0.2, 0.25) is 0 Å². The van der Waals surface area contributed by atoms with Gasteiger partial charge in [-0.1, -0.05) is 6.92 Å². The predicted octanol–water partition coefficient (Wildman–Crippen LogP) is 3.31. The van der Waals surface area contributed by atoms with Gasteiger partial charge in [-0.25, -0.2) is 0 Å². The maximum absolute atomic E-state index is 4.38. The van der Waals surface area contributed by atoms with Crippen LogP contribution in [-0.4, -0.2) is 40.5 Å². The Morgan fingerprint density at radius 2 is 2.00 bits per heavy atom. The number of nitrogens with one attached hydrogen (secondary N) is 1. The molecular weight excluding hydrogens is 260 g/mol. The molecule has 112 valence electrons. The standard InChI is InChI=1S/C17H24N4/c1-2-10-21-11-3-4-14(7-12-21)20-15-5-6-16-17(13-15)19-9-8-18-16/h5-6,8-9,13-14,20H,2-4,7,10-12H2,1H3. The van der Waals surface area contributed by atoms with Crippen molar-refractivity contribution < 1.29 is 0 Å². The molecule has 0 spiro atoms. The van der Waals surface area contributed by atoms with Crippen molar-refractivity contribution in [3.8, 4) is 0 Å². The molecular formula is C17H24N4. The molecule has 1 aliphatic heterocycles. The lowest BCUT2D eigenvalue weighted by Crippen LogP contribution is -2.27. The van der Waals surface area contributed by atoms with Crippen LogP contribution in [0, 0.1) is 0 Å². The van der Waals surface area contributed by atoms with Crippen LogP contribution in [0.15, 0.2) is 30.6 Å². The third-order valence-electron chi connectivity index (χ3n) is 4.20. The van der Waals surface area contributed by atoms with Crippen LogP contribution >= 0.6 is 0 Å². The van der Waals surface area contributed by atoms with Crippen LogP contribution in [0.4, 0.5) is 5.69 Å². The summed E-state index contributed by atoms with van der Waals surface area (Å²) in [6.45, 7) is 5.95. The second-order valence-corrected chi connectivity index (χ2v) is 5.87. The number of fused-ring (bicyclic) bond motifs is 1. The minimum Gasteiger partial charge on any atom is -0.382 e. The van der Waals surface area contributed by atoms with Gasteiger partial charge in [0.25, 0.3) is 0 Å². The Labute approximate surface area is 126 Å². The number of benzene rings is 1. The van der Waals surface area contributed by atoms with Crippen molar-refractivity contribution in [3.05, 3.63) is 30.6 Å². The molecule has 21 heavy (non-hydrogen) atoms. The summed E-state index contributed by atoms with van der Waals surface area (Å²) in [5.41, 5.74) is 3.08. The number of likely N-dealkylation sites (tertiary alicyclic amines) is 1. The quantitative estimate of drug-likeness (QED) is 0.935. The van der Waals surface area contributed by atoms with Crippen molar-refractivity contribution in [1.82, 2.24) is 14.9 Å². The van der Waals surface area contributed by atoms with Gasteiger partial charge in [0.2, 0.25) is 0 Å². The normalized spacial score (nSPS) is 20.3. The molecule has 1 aromatic heterocycles. The molecule has 0 aliphatic carbocycles. The van der Waals surface area contributed by atoms with Gasteiger partial charge in [0.1, 0.15) is 0 Å². The van der Waals surface area contributed by atoms with Crippen LogP contribution in [0.5, 0.6) is 0 Å². The van der Waals surface area contributed by atoms with E-state index in [0.717, 1.165) is 16.7 Å². The number of anilines is 1. The van der Waals surface area contributed by atoms with E-state index in [4.69, 9.17) is 0 Å². The molecule has 1 fully saturated rings. The Morgan fingerprint density at radius 3 is 2.86 bits per heavy atom. The van der Waals surface area contributed by atoms with Crippen LogP contribution in [0.25, 0.3) is 11.0 Å². The second kappa shape index (κ2) is 6.85. The topological polar surface area (TPSA) is 41.0 Å². The van der Waals surface area contributed by atoms with Crippen LogP contribution in [-0.2, 0) is 0 Å². The fourth-order valence-electron chi connectivity index (χ4n) is 3.13. The largest absolute Gasteiger partial charge is 0.382 e. The SMILES string of the molecule is CCCN1CCCC(Nc2ccc3nccnc3c2)CC1. The molecule has 0 amide bonds. The van der Waals surface area contributed by atoms with Gasteiger partial charge in [0, 0.05) is 30.7 Å². The minimum absolute atomic E-state index is 0.570. The monoisotopic (exact) mass is 284 g/mol. The maximum atomic E-state index is 4.38. The lowest BCUT2D eigenvalue weighted by atomic mass is 10.1. The highest BCUT2D eigenvalue weighted by Gasteiger charge is 2.16. The van der Waals surface area contributed by atoms with Crippen molar-refractivity contribution in [2.45, 2.75) is 38.6 Å². The van der Waals surface area contributed by atoms with E-state index in [-0.39, 0.29) is 0 Å². The smallest absolute Gasteiger partial charge is 0.0907 e. The van der Waals surface area contributed by atoms with E-state index >= 15 is 0 Å². The van der Waals surface area contributed by atoms with Gasteiger partial charge in [0.05, 0.1) is 11.0 Å². The zero-order valence-corrected chi connectivity index (χ0v) is 12.8. The van der Waals surface area contributed by atoms with Gasteiger partial charge in [-0.15, -0.1) is 0 Å². The first kappa shape index (κ1) is 14.3. The average Bonchev–Trinajstić information content (AvgIpc) is 2.73. The summed E-state index contributed by atoms with van der Waals surface area (Å²) >= 11 is 0. The third-order valence-corrected chi connectivity index (χ3v) is 4.20. The molecule has 4 nitrogen and oxygen atoms in total. The Hall–Kier alpha value is -1.68. The fourth-order valence-corrected chi connectivity index (χ4v) is 3.13. The Kier molecular flexibility index (Phi) is 4.65. The van der Waals surface area contributed by atoms with Crippen LogP contribution in [0.1, 0.15) is 32.6 Å². The van der Waals surface area contributed by atoms with Crippen molar-refractivity contribution in [2.24, 2.45) is 0 Å². The second-order valence-electron chi connectivity index (χ2n) is 5.87. The highest BCUT2D eigenvalue weighted by molar-refractivity contribution is 5.78. The number of hydrogen-bond acceptors (Lipinski definition) is 4. The zero-order valence-electron chi connectivity index (χ0n) is 12.8. The van der Waals surface area contributed by atoms with E-state index in [1.165, 1.54) is 45.3 Å². The lowest BCUT2D eigenvalue weighted by molar-refractivity contribution is 0.285. The maximum Gasteiger partial charge on any atom is 0.0907 e. The first-order valence-electron chi connectivity index (χ1n) is 8.05. The van der Waals surface area contributed by atoms with E-state index in [1.807, 2.05) is 6.07 Å². The van der Waals surface area contributed by atoms with Crippen molar-refractivity contribution >= 4 is 16.7 Å². The number of rotatable bonds is 4. The lowest BCUT2D eigenvalue weighted by Gasteiger charge is -2.20. The molecule has 1 atom stereocenters. The molecule has 0 saturated carbocycles. The average molecular weight is 284 g/mol. The summed E-state index contributed by atoms with van der Waals surface area (Å²) in [4.78, 5) is 11.3. The van der Waals surface area contributed by atoms with Gasteiger partial charge < -0.3 is 10.2 Å². The molecule has 1 unspecified atom stereocenters. The molecule has 1 aromatic carbocycles. The highest BCUT2D eigenvalue weighted by atomic mass is 15.1. The van der Waals surface area contributed by atoms with Gasteiger partial charge in [-0.05, 0) is 57.0 Å². The summed E-state index contributed by atoms with van der Waals surface area (Å²) in [6, 6.07) is 6.84. The molecule has 0 bridgehead atoms. The first-order valence-corrected chi connectivity index (χ1v) is 8.05. The summed E-state index contributed by atoms with van der Waals surface area (Å²) in [6.07, 6.45) is 8.49. The molecule has 3 rings (SSSR count). The molecule has 2 aromatic rings. The minimum atomic E-state index is 0.570. The Morgan fingerprint density at radius 1 is 1.14 bits per heavy atom. The van der Waals surface area contributed by atoms with Crippen molar-refractivity contribution in [3.63, 3.8) is 0 Å². The third kappa shape index (κ3) is 3.70. The number of nitrogens with zero attached hydrogens (tertiary/aromatic N) is 3. The molecule has 1 N–H and O–H groups in total. The summed E-state index contributed by atoms with van der Waals surface area (Å²) < 4.78 is 0. The fraction of sp³-hybridized carbons (Fsp3) is 0.529. The zero-order chi connectivity index (χ0) is 14.5. The van der Waals surface area contributed by atoms with Crippen LogP contribution < -0.4 is 5.32 Å². The van der Waals surface area contributed by atoms with Gasteiger partial charge in [-0.2, -0.15) is 0 Å². The van der Waals surface area contributed by atoms with Crippen LogP contribution in [0.3, 0.4) is 0 Å².